The predicted octanol–water partition coefficient (Wildman–Crippen LogP) is 1.80. The molecule has 0 saturated heterocycles. The van der Waals surface area contributed by atoms with Crippen LogP contribution in [0.5, 0.6) is 0 Å². The second-order valence-corrected chi connectivity index (χ2v) is 4.69. The minimum absolute atomic E-state index is 0.129. The van der Waals surface area contributed by atoms with Crippen molar-refractivity contribution in [1.82, 2.24) is 15.5 Å². The topological polar surface area (TPSA) is 107 Å². The van der Waals surface area contributed by atoms with Crippen molar-refractivity contribution in [2.24, 2.45) is 0 Å². The molecule has 1 amide bonds. The number of benzene rings is 1. The molecule has 1 N–H and O–H groups in total. The zero-order valence-electron chi connectivity index (χ0n) is 12.5. The van der Waals surface area contributed by atoms with Crippen LogP contribution >= 0.6 is 0 Å². The van der Waals surface area contributed by atoms with Crippen molar-refractivity contribution in [2.75, 3.05) is 6.54 Å². The van der Waals surface area contributed by atoms with Gasteiger partial charge in [-0.2, -0.15) is 0 Å². The molecule has 0 saturated carbocycles. The number of rotatable bonds is 6. The summed E-state index contributed by atoms with van der Waals surface area (Å²) in [4.78, 5) is 23.4. The van der Waals surface area contributed by atoms with Gasteiger partial charge in [0.15, 0.2) is 12.4 Å². The van der Waals surface area contributed by atoms with Crippen LogP contribution in [0.2, 0.25) is 0 Å². The molecule has 0 radical (unpaired) electrons. The van der Waals surface area contributed by atoms with Crippen LogP contribution in [-0.4, -0.2) is 28.6 Å². The Labute approximate surface area is 136 Å². The molecule has 2 aromatic heterocycles. The Kier molecular flexibility index (Phi) is 4.66. The number of furan rings is 1. The smallest absolute Gasteiger partial charge is 0.325 e. The first-order valence-electron chi connectivity index (χ1n) is 7.07. The number of carbonyl (C=O) groups is 2. The van der Waals surface area contributed by atoms with Gasteiger partial charge in [-0.05, 0) is 24.3 Å². The van der Waals surface area contributed by atoms with E-state index in [0.717, 1.165) is 0 Å². The van der Waals surface area contributed by atoms with Crippen LogP contribution in [0, 0.1) is 0 Å². The number of esters is 1. The van der Waals surface area contributed by atoms with Crippen molar-refractivity contribution < 1.29 is 23.2 Å². The fraction of sp³-hybridized carbons (Fsp3) is 0.125. The fourth-order valence-electron chi connectivity index (χ4n) is 1.85. The van der Waals surface area contributed by atoms with Gasteiger partial charge in [0.05, 0.1) is 6.26 Å². The molecule has 0 fully saturated rings. The second-order valence-electron chi connectivity index (χ2n) is 4.69. The number of carbonyl (C=O) groups excluding carboxylic acids is 2. The van der Waals surface area contributed by atoms with Crippen LogP contribution in [-0.2, 0) is 16.1 Å². The Hall–Kier alpha value is -3.42. The maximum absolute atomic E-state index is 11.8. The Bertz CT molecular complexity index is 811. The van der Waals surface area contributed by atoms with E-state index in [1.807, 2.05) is 0 Å². The molecule has 8 nitrogen and oxygen atoms in total. The van der Waals surface area contributed by atoms with Gasteiger partial charge < -0.3 is 18.9 Å². The number of amides is 1. The van der Waals surface area contributed by atoms with Gasteiger partial charge >= 0.3 is 5.97 Å². The third-order valence-electron chi connectivity index (χ3n) is 2.98. The fourth-order valence-corrected chi connectivity index (χ4v) is 1.85. The summed E-state index contributed by atoms with van der Waals surface area (Å²) >= 11 is 0. The summed E-state index contributed by atoms with van der Waals surface area (Å²) in [6.45, 7) is -0.444. The van der Waals surface area contributed by atoms with E-state index in [9.17, 15) is 9.59 Å². The van der Waals surface area contributed by atoms with E-state index in [1.165, 1.54) is 6.26 Å². The standard InChI is InChI=1S/C16H13N3O5/c20-14(9-17-15(21)11-5-2-1-3-6-11)23-10-13-18-19-16(24-13)12-7-4-8-22-12/h1-8H,9-10H2,(H,17,21). The molecule has 0 aliphatic heterocycles. The Morgan fingerprint density at radius 1 is 1.08 bits per heavy atom. The molecule has 3 rings (SSSR count). The van der Waals surface area contributed by atoms with Crippen molar-refractivity contribution in [3.05, 3.63) is 60.2 Å². The van der Waals surface area contributed by atoms with E-state index >= 15 is 0 Å². The summed E-state index contributed by atoms with van der Waals surface area (Å²) in [6.07, 6.45) is 1.48. The maximum Gasteiger partial charge on any atom is 0.325 e. The molecule has 8 heteroatoms. The first-order valence-corrected chi connectivity index (χ1v) is 7.07. The van der Waals surface area contributed by atoms with Gasteiger partial charge in [-0.1, -0.05) is 18.2 Å². The molecular formula is C16H13N3O5. The van der Waals surface area contributed by atoms with Gasteiger partial charge in [-0.15, -0.1) is 10.2 Å². The molecule has 122 valence electrons. The molecule has 0 unspecified atom stereocenters. The number of nitrogens with one attached hydrogen (secondary N) is 1. The second kappa shape index (κ2) is 7.23. The third kappa shape index (κ3) is 3.86. The summed E-state index contributed by atoms with van der Waals surface area (Å²) in [6, 6.07) is 11.9. The molecule has 0 spiro atoms. The summed E-state index contributed by atoms with van der Waals surface area (Å²) in [5.41, 5.74) is 0.463. The van der Waals surface area contributed by atoms with Gasteiger partial charge in [0.2, 0.25) is 0 Å². The zero-order chi connectivity index (χ0) is 16.8. The van der Waals surface area contributed by atoms with Crippen molar-refractivity contribution in [3.8, 4) is 11.7 Å². The van der Waals surface area contributed by atoms with Crippen LogP contribution in [0.15, 0.2) is 57.6 Å². The van der Waals surface area contributed by atoms with Gasteiger partial charge in [-0.3, -0.25) is 9.59 Å². The summed E-state index contributed by atoms with van der Waals surface area (Å²) in [7, 11) is 0. The van der Waals surface area contributed by atoms with Gasteiger partial charge in [0.25, 0.3) is 17.7 Å². The SMILES string of the molecule is O=C(CNC(=O)c1ccccc1)OCc1nnc(-c2ccco2)o1. The van der Waals surface area contributed by atoms with E-state index < -0.39 is 5.97 Å². The third-order valence-corrected chi connectivity index (χ3v) is 2.98. The van der Waals surface area contributed by atoms with Crippen LogP contribution < -0.4 is 5.32 Å². The lowest BCUT2D eigenvalue weighted by Gasteiger charge is -2.04. The lowest BCUT2D eigenvalue weighted by molar-refractivity contribution is -0.144. The van der Waals surface area contributed by atoms with E-state index in [0.29, 0.717) is 11.3 Å². The molecular weight excluding hydrogens is 314 g/mol. The monoisotopic (exact) mass is 327 g/mol. The quantitative estimate of drug-likeness (QED) is 0.688. The van der Waals surface area contributed by atoms with E-state index in [-0.39, 0.29) is 30.8 Å². The zero-order valence-corrected chi connectivity index (χ0v) is 12.5. The van der Waals surface area contributed by atoms with Crippen molar-refractivity contribution in [1.29, 1.82) is 0 Å². The highest BCUT2D eigenvalue weighted by atomic mass is 16.5. The normalized spacial score (nSPS) is 10.3. The predicted molar refractivity (Wildman–Crippen MR) is 80.6 cm³/mol. The molecule has 0 bridgehead atoms. The number of hydrogen-bond acceptors (Lipinski definition) is 7. The number of nitrogens with zero attached hydrogens (tertiary/aromatic N) is 2. The van der Waals surface area contributed by atoms with E-state index in [4.69, 9.17) is 13.6 Å². The number of hydrogen-bond donors (Lipinski definition) is 1. The average molecular weight is 327 g/mol. The molecule has 0 atom stereocenters. The van der Waals surface area contributed by atoms with Gasteiger partial charge in [0, 0.05) is 5.56 Å². The first kappa shape index (κ1) is 15.5. The molecule has 1 aromatic carbocycles. The summed E-state index contributed by atoms with van der Waals surface area (Å²) in [5, 5.41) is 9.99. The molecule has 3 aromatic rings. The molecule has 2 heterocycles. The Balaban J connectivity index is 1.45. The minimum atomic E-state index is -0.614. The van der Waals surface area contributed by atoms with Crippen LogP contribution in [0.3, 0.4) is 0 Å². The van der Waals surface area contributed by atoms with Crippen molar-refractivity contribution in [3.63, 3.8) is 0 Å². The number of ether oxygens (including phenoxy) is 1. The summed E-state index contributed by atoms with van der Waals surface area (Å²) in [5.74, 6) is -0.217. The lowest BCUT2D eigenvalue weighted by atomic mass is 10.2. The van der Waals surface area contributed by atoms with Crippen molar-refractivity contribution >= 4 is 11.9 Å². The Morgan fingerprint density at radius 3 is 2.67 bits per heavy atom. The minimum Gasteiger partial charge on any atom is -0.459 e. The average Bonchev–Trinajstić information content (AvgIpc) is 3.29. The molecule has 0 aliphatic rings. The van der Waals surface area contributed by atoms with Crippen LogP contribution in [0.25, 0.3) is 11.7 Å². The Morgan fingerprint density at radius 2 is 1.92 bits per heavy atom. The van der Waals surface area contributed by atoms with E-state index in [1.54, 1.807) is 42.5 Å². The molecule has 24 heavy (non-hydrogen) atoms. The number of aromatic nitrogens is 2. The maximum atomic E-state index is 11.8. The van der Waals surface area contributed by atoms with Crippen LogP contribution in [0.1, 0.15) is 16.2 Å². The van der Waals surface area contributed by atoms with E-state index in [2.05, 4.69) is 15.5 Å². The highest BCUT2D eigenvalue weighted by Gasteiger charge is 2.13. The van der Waals surface area contributed by atoms with Crippen LogP contribution in [0.4, 0.5) is 0 Å². The highest BCUT2D eigenvalue weighted by Crippen LogP contribution is 2.17. The summed E-state index contributed by atoms with van der Waals surface area (Å²) < 4.78 is 15.4. The lowest BCUT2D eigenvalue weighted by Crippen LogP contribution is -2.30. The van der Waals surface area contributed by atoms with Gasteiger partial charge in [-0.25, -0.2) is 0 Å². The molecule has 0 aliphatic carbocycles. The largest absolute Gasteiger partial charge is 0.459 e. The van der Waals surface area contributed by atoms with Gasteiger partial charge in [0.1, 0.15) is 6.54 Å². The highest BCUT2D eigenvalue weighted by molar-refractivity contribution is 5.95. The first-order chi connectivity index (χ1) is 11.7. The van der Waals surface area contributed by atoms with Crippen molar-refractivity contribution in [2.45, 2.75) is 6.61 Å².